The minimum Gasteiger partial charge on any atom is -0.277 e. The third kappa shape index (κ3) is 2.41. The molecule has 1 rings (SSSR count). The molecular weight excluding hydrogens is 244 g/mol. The van der Waals surface area contributed by atoms with E-state index in [0.717, 1.165) is 17.7 Å². The van der Waals surface area contributed by atoms with Crippen LogP contribution in [-0.4, -0.2) is 29.3 Å². The fourth-order valence-corrected chi connectivity index (χ4v) is 2.78. The largest absolute Gasteiger partial charge is 0.331 e. The Kier molecular flexibility index (Phi) is 4.86. The molecule has 1 heterocycles. The van der Waals surface area contributed by atoms with Gasteiger partial charge in [-0.05, 0) is 18.8 Å². The van der Waals surface area contributed by atoms with Gasteiger partial charge in [0.15, 0.2) is 0 Å². The molecule has 0 radical (unpaired) electrons. The second kappa shape index (κ2) is 5.99. The van der Waals surface area contributed by atoms with Crippen molar-refractivity contribution in [2.75, 3.05) is 6.54 Å². The van der Waals surface area contributed by atoms with Crippen LogP contribution in [0, 0.1) is 11.3 Å². The van der Waals surface area contributed by atoms with Crippen LogP contribution in [0.5, 0.6) is 0 Å². The van der Waals surface area contributed by atoms with Crippen LogP contribution in [0.2, 0.25) is 0 Å². The molecular formula is C14H22N2O3. The van der Waals surface area contributed by atoms with Crippen LogP contribution in [-0.2, 0) is 9.59 Å². The molecule has 5 heteroatoms. The van der Waals surface area contributed by atoms with Crippen molar-refractivity contribution in [3.8, 4) is 0 Å². The monoisotopic (exact) mass is 266 g/mol. The van der Waals surface area contributed by atoms with Crippen LogP contribution in [0.4, 0.5) is 4.79 Å². The molecule has 0 aliphatic carbocycles. The molecule has 2 unspecified atom stereocenters. The van der Waals surface area contributed by atoms with Crippen molar-refractivity contribution >= 4 is 17.8 Å². The van der Waals surface area contributed by atoms with Gasteiger partial charge in [0.05, 0.1) is 0 Å². The Balaban J connectivity index is 3.20. The first-order valence-electron chi connectivity index (χ1n) is 6.73. The lowest BCUT2D eigenvalue weighted by Crippen LogP contribution is -2.65. The summed E-state index contributed by atoms with van der Waals surface area (Å²) in [5, 5.41) is 2.31. The zero-order chi connectivity index (χ0) is 14.6. The van der Waals surface area contributed by atoms with E-state index < -0.39 is 23.3 Å². The second-order valence-corrected chi connectivity index (χ2v) is 4.98. The second-order valence-electron chi connectivity index (χ2n) is 4.98. The fourth-order valence-electron chi connectivity index (χ4n) is 2.78. The van der Waals surface area contributed by atoms with E-state index in [0.29, 0.717) is 6.42 Å². The van der Waals surface area contributed by atoms with Crippen LogP contribution in [0.3, 0.4) is 0 Å². The van der Waals surface area contributed by atoms with Gasteiger partial charge in [0.25, 0.3) is 0 Å². The number of carbonyl (C=O) groups excluding carboxylic acids is 3. The summed E-state index contributed by atoms with van der Waals surface area (Å²) in [6, 6.07) is -0.650. The van der Waals surface area contributed by atoms with Gasteiger partial charge < -0.3 is 0 Å². The van der Waals surface area contributed by atoms with Gasteiger partial charge in [0, 0.05) is 6.54 Å². The van der Waals surface area contributed by atoms with Crippen LogP contribution in [0.1, 0.15) is 40.0 Å². The Morgan fingerprint density at radius 2 is 2.00 bits per heavy atom. The van der Waals surface area contributed by atoms with E-state index in [1.54, 1.807) is 0 Å². The number of nitrogens with one attached hydrogen (secondary N) is 1. The van der Waals surface area contributed by atoms with Gasteiger partial charge in [-0.2, -0.15) is 0 Å². The number of nitrogens with zero attached hydrogens (tertiary/aromatic N) is 1. The highest BCUT2D eigenvalue weighted by atomic mass is 16.2. The SMILES string of the molecule is C=CCN1C(=O)NC(=O)C(CC)(C(C)CCC)C1=O. The Morgan fingerprint density at radius 3 is 2.47 bits per heavy atom. The third-order valence-corrected chi connectivity index (χ3v) is 3.93. The van der Waals surface area contributed by atoms with Crippen molar-refractivity contribution in [2.45, 2.75) is 40.0 Å². The van der Waals surface area contributed by atoms with Gasteiger partial charge in [0.1, 0.15) is 5.41 Å². The maximum atomic E-state index is 12.6. The Hall–Kier alpha value is -1.65. The summed E-state index contributed by atoms with van der Waals surface area (Å²) in [6.07, 6.45) is 3.53. The summed E-state index contributed by atoms with van der Waals surface area (Å²) in [6.45, 7) is 9.38. The molecule has 19 heavy (non-hydrogen) atoms. The summed E-state index contributed by atoms with van der Waals surface area (Å²) in [5.41, 5.74) is -1.13. The highest BCUT2D eigenvalue weighted by Gasteiger charge is 2.55. The topological polar surface area (TPSA) is 66.5 Å². The standard InChI is InChI=1S/C14H22N2O3/c1-5-8-10(4)14(7-3)11(17)15-13(19)16(9-6-2)12(14)18/h6,10H,2,5,7-9H2,1,3-4H3,(H,15,17,19). The maximum absolute atomic E-state index is 12.6. The van der Waals surface area contributed by atoms with E-state index in [2.05, 4.69) is 11.9 Å². The molecule has 2 atom stereocenters. The van der Waals surface area contributed by atoms with E-state index in [-0.39, 0.29) is 12.5 Å². The molecule has 1 aliphatic rings. The van der Waals surface area contributed by atoms with Crippen molar-refractivity contribution in [3.05, 3.63) is 12.7 Å². The predicted molar refractivity (Wildman–Crippen MR) is 72.2 cm³/mol. The molecule has 1 saturated heterocycles. The lowest BCUT2D eigenvalue weighted by Gasteiger charge is -2.42. The van der Waals surface area contributed by atoms with Gasteiger partial charge >= 0.3 is 6.03 Å². The number of hydrogen-bond donors (Lipinski definition) is 1. The molecule has 0 saturated carbocycles. The van der Waals surface area contributed by atoms with E-state index in [1.807, 2.05) is 20.8 Å². The number of urea groups is 1. The molecule has 106 valence electrons. The number of barbiturate groups is 1. The predicted octanol–water partition coefficient (Wildman–Crippen LogP) is 2.08. The molecule has 1 fully saturated rings. The Labute approximate surface area is 114 Å². The summed E-state index contributed by atoms with van der Waals surface area (Å²) in [5.74, 6) is -0.966. The first-order chi connectivity index (χ1) is 8.95. The average Bonchev–Trinajstić information content (AvgIpc) is 2.36. The third-order valence-electron chi connectivity index (χ3n) is 3.93. The number of imide groups is 2. The fraction of sp³-hybridized carbons (Fsp3) is 0.643. The quantitative estimate of drug-likeness (QED) is 0.591. The molecule has 0 aromatic heterocycles. The number of rotatable bonds is 6. The van der Waals surface area contributed by atoms with Crippen molar-refractivity contribution in [1.29, 1.82) is 0 Å². The maximum Gasteiger partial charge on any atom is 0.331 e. The van der Waals surface area contributed by atoms with E-state index >= 15 is 0 Å². The van der Waals surface area contributed by atoms with Gasteiger partial charge in [-0.15, -0.1) is 6.58 Å². The molecule has 4 amide bonds. The average molecular weight is 266 g/mol. The summed E-state index contributed by atoms with van der Waals surface area (Å²) in [4.78, 5) is 37.6. The van der Waals surface area contributed by atoms with Crippen LogP contribution in [0.15, 0.2) is 12.7 Å². The summed E-state index contributed by atoms with van der Waals surface area (Å²) >= 11 is 0. The number of hydrogen-bond acceptors (Lipinski definition) is 3. The smallest absolute Gasteiger partial charge is 0.277 e. The number of amides is 4. The molecule has 0 spiro atoms. The zero-order valence-corrected chi connectivity index (χ0v) is 11.9. The van der Waals surface area contributed by atoms with Gasteiger partial charge in [-0.3, -0.25) is 19.8 Å². The van der Waals surface area contributed by atoms with E-state index in [1.165, 1.54) is 6.08 Å². The van der Waals surface area contributed by atoms with Gasteiger partial charge in [-0.1, -0.05) is 33.3 Å². The minimum absolute atomic E-state index is 0.101. The van der Waals surface area contributed by atoms with Crippen molar-refractivity contribution < 1.29 is 14.4 Å². The van der Waals surface area contributed by atoms with E-state index in [9.17, 15) is 14.4 Å². The first-order valence-corrected chi connectivity index (χ1v) is 6.73. The summed E-state index contributed by atoms with van der Waals surface area (Å²) < 4.78 is 0. The van der Waals surface area contributed by atoms with Crippen LogP contribution >= 0.6 is 0 Å². The molecule has 5 nitrogen and oxygen atoms in total. The summed E-state index contributed by atoms with van der Waals surface area (Å²) in [7, 11) is 0. The Bertz CT molecular complexity index is 405. The first kappa shape index (κ1) is 15.4. The van der Waals surface area contributed by atoms with Crippen LogP contribution in [0.25, 0.3) is 0 Å². The molecule has 0 aromatic rings. The zero-order valence-electron chi connectivity index (χ0n) is 11.9. The molecule has 1 N–H and O–H groups in total. The Morgan fingerprint density at radius 1 is 1.37 bits per heavy atom. The number of carbonyl (C=O) groups is 3. The highest BCUT2D eigenvalue weighted by molar-refractivity contribution is 6.19. The van der Waals surface area contributed by atoms with Crippen molar-refractivity contribution in [3.63, 3.8) is 0 Å². The minimum atomic E-state index is -1.13. The molecule has 1 aliphatic heterocycles. The van der Waals surface area contributed by atoms with Crippen LogP contribution < -0.4 is 5.32 Å². The highest BCUT2D eigenvalue weighted by Crippen LogP contribution is 2.39. The van der Waals surface area contributed by atoms with Crippen molar-refractivity contribution in [2.24, 2.45) is 11.3 Å². The lowest BCUT2D eigenvalue weighted by atomic mass is 9.69. The normalized spacial score (nSPS) is 25.2. The van der Waals surface area contributed by atoms with E-state index in [4.69, 9.17) is 0 Å². The van der Waals surface area contributed by atoms with Gasteiger partial charge in [-0.25, -0.2) is 4.79 Å². The lowest BCUT2D eigenvalue weighted by molar-refractivity contribution is -0.155. The van der Waals surface area contributed by atoms with Gasteiger partial charge in [0.2, 0.25) is 11.8 Å². The molecule has 0 aromatic carbocycles. The van der Waals surface area contributed by atoms with Crippen molar-refractivity contribution in [1.82, 2.24) is 10.2 Å². The molecule has 0 bridgehead atoms.